The van der Waals surface area contributed by atoms with Gasteiger partial charge in [0, 0.05) is 4.47 Å². The van der Waals surface area contributed by atoms with E-state index in [1.807, 2.05) is 0 Å². The summed E-state index contributed by atoms with van der Waals surface area (Å²) in [5.41, 5.74) is 0.500. The van der Waals surface area contributed by atoms with Crippen molar-refractivity contribution >= 4 is 45.1 Å². The average Bonchev–Trinajstić information content (AvgIpc) is 3.17. The van der Waals surface area contributed by atoms with Crippen molar-refractivity contribution < 1.29 is 14.7 Å². The number of carbonyl (C=O) groups is 2. The summed E-state index contributed by atoms with van der Waals surface area (Å²) in [6.45, 7) is -0.0557. The highest BCUT2D eigenvalue weighted by atomic mass is 79.9. The number of hydrogen-bond acceptors (Lipinski definition) is 3. The summed E-state index contributed by atoms with van der Waals surface area (Å²) in [6, 6.07) is 4.47. The van der Waals surface area contributed by atoms with Gasteiger partial charge in [0.25, 0.3) is 0 Å². The van der Waals surface area contributed by atoms with E-state index in [2.05, 4.69) is 26.6 Å². The summed E-state index contributed by atoms with van der Waals surface area (Å²) in [6.07, 6.45) is 1.79. The molecule has 1 aliphatic rings. The van der Waals surface area contributed by atoms with E-state index in [9.17, 15) is 9.59 Å². The quantitative estimate of drug-likeness (QED) is 0.727. The largest absolute Gasteiger partial charge is 0.480 e. The van der Waals surface area contributed by atoms with E-state index < -0.39 is 12.0 Å². The van der Waals surface area contributed by atoms with Crippen molar-refractivity contribution in [2.24, 2.45) is 5.92 Å². The van der Waals surface area contributed by atoms with Crippen LogP contribution in [0.5, 0.6) is 0 Å². The number of carboxylic acids is 1. The zero-order valence-corrected chi connectivity index (χ0v) is 12.9. The highest BCUT2D eigenvalue weighted by Gasteiger charge is 2.36. The van der Waals surface area contributed by atoms with Gasteiger partial charge in [-0.15, -0.1) is 0 Å². The molecular formula is C13H14BrClN2O3. The van der Waals surface area contributed by atoms with Crippen LogP contribution in [-0.2, 0) is 9.59 Å². The van der Waals surface area contributed by atoms with Gasteiger partial charge in [0.1, 0.15) is 6.04 Å². The van der Waals surface area contributed by atoms with Gasteiger partial charge in [-0.3, -0.25) is 14.9 Å². The van der Waals surface area contributed by atoms with Gasteiger partial charge in [-0.1, -0.05) is 27.5 Å². The number of benzene rings is 1. The summed E-state index contributed by atoms with van der Waals surface area (Å²) in [5, 5.41) is 14.9. The average molecular weight is 362 g/mol. The van der Waals surface area contributed by atoms with E-state index in [-0.39, 0.29) is 18.4 Å². The molecule has 1 saturated carbocycles. The lowest BCUT2D eigenvalue weighted by molar-refractivity contribution is -0.140. The first-order chi connectivity index (χ1) is 9.47. The minimum absolute atomic E-state index is 0.0557. The fourth-order valence-electron chi connectivity index (χ4n) is 1.87. The van der Waals surface area contributed by atoms with Crippen molar-refractivity contribution in [1.29, 1.82) is 0 Å². The highest BCUT2D eigenvalue weighted by molar-refractivity contribution is 9.10. The summed E-state index contributed by atoms with van der Waals surface area (Å²) in [4.78, 5) is 22.8. The Labute approximate surface area is 129 Å². The van der Waals surface area contributed by atoms with Crippen molar-refractivity contribution in [2.75, 3.05) is 11.9 Å². The maximum absolute atomic E-state index is 11.8. The number of carbonyl (C=O) groups excluding carboxylic acids is 1. The van der Waals surface area contributed by atoms with Gasteiger partial charge < -0.3 is 10.4 Å². The minimum Gasteiger partial charge on any atom is -0.480 e. The predicted molar refractivity (Wildman–Crippen MR) is 79.9 cm³/mol. The molecule has 3 N–H and O–H groups in total. The molecule has 1 aromatic rings. The number of aliphatic carboxylic acids is 1. The first kappa shape index (κ1) is 15.3. The fraction of sp³-hybridized carbons (Fsp3) is 0.385. The van der Waals surface area contributed by atoms with Crippen molar-refractivity contribution in [3.8, 4) is 0 Å². The lowest BCUT2D eigenvalue weighted by Crippen LogP contribution is -2.42. The zero-order valence-electron chi connectivity index (χ0n) is 10.5. The summed E-state index contributed by atoms with van der Waals surface area (Å²) < 4.78 is 0.818. The molecule has 2 rings (SSSR count). The number of carboxylic acid groups (broad SMARTS) is 1. The van der Waals surface area contributed by atoms with Crippen LogP contribution in [0.25, 0.3) is 0 Å². The molecule has 5 nitrogen and oxygen atoms in total. The first-order valence-electron chi connectivity index (χ1n) is 6.18. The number of rotatable bonds is 6. The topological polar surface area (TPSA) is 78.4 Å². The monoisotopic (exact) mass is 360 g/mol. The van der Waals surface area contributed by atoms with Crippen molar-refractivity contribution in [2.45, 2.75) is 18.9 Å². The van der Waals surface area contributed by atoms with Crippen LogP contribution in [0.4, 0.5) is 5.69 Å². The molecule has 1 fully saturated rings. The molecule has 20 heavy (non-hydrogen) atoms. The first-order valence-corrected chi connectivity index (χ1v) is 7.35. The Hall–Kier alpha value is -1.11. The second kappa shape index (κ2) is 6.56. The van der Waals surface area contributed by atoms with Crippen molar-refractivity contribution in [3.63, 3.8) is 0 Å². The van der Waals surface area contributed by atoms with E-state index in [4.69, 9.17) is 16.7 Å². The SMILES string of the molecule is O=C(CNC(C(=O)O)C1CC1)Nc1ccc(Br)cc1Cl. The van der Waals surface area contributed by atoms with Crippen molar-refractivity contribution in [1.82, 2.24) is 5.32 Å². The second-order valence-corrected chi connectivity index (χ2v) is 6.03. The maximum Gasteiger partial charge on any atom is 0.320 e. The third-order valence-electron chi connectivity index (χ3n) is 3.05. The van der Waals surface area contributed by atoms with Crippen molar-refractivity contribution in [3.05, 3.63) is 27.7 Å². The summed E-state index contributed by atoms with van der Waals surface area (Å²) in [7, 11) is 0. The van der Waals surface area contributed by atoms with Crippen LogP contribution in [0, 0.1) is 5.92 Å². The van der Waals surface area contributed by atoms with Gasteiger partial charge in [0.2, 0.25) is 5.91 Å². The molecular weight excluding hydrogens is 348 g/mol. The van der Waals surface area contributed by atoms with E-state index in [1.54, 1.807) is 18.2 Å². The third-order valence-corrected chi connectivity index (χ3v) is 3.85. The Morgan fingerprint density at radius 1 is 1.45 bits per heavy atom. The molecule has 1 unspecified atom stereocenters. The second-order valence-electron chi connectivity index (χ2n) is 4.71. The number of amides is 1. The Bertz CT molecular complexity index is 534. The smallest absolute Gasteiger partial charge is 0.320 e. The number of halogens is 2. The van der Waals surface area contributed by atoms with Crippen LogP contribution < -0.4 is 10.6 Å². The van der Waals surface area contributed by atoms with E-state index in [1.165, 1.54) is 0 Å². The molecule has 1 aromatic carbocycles. The van der Waals surface area contributed by atoms with Gasteiger partial charge in [0.15, 0.2) is 0 Å². The Balaban J connectivity index is 1.87. The van der Waals surface area contributed by atoms with Gasteiger partial charge in [-0.2, -0.15) is 0 Å². The van der Waals surface area contributed by atoms with Crippen LogP contribution in [-0.4, -0.2) is 29.6 Å². The summed E-state index contributed by atoms with van der Waals surface area (Å²) >= 11 is 9.26. The Morgan fingerprint density at radius 3 is 2.70 bits per heavy atom. The third kappa shape index (κ3) is 4.19. The molecule has 0 bridgehead atoms. The lowest BCUT2D eigenvalue weighted by atomic mass is 10.2. The Kier molecular flexibility index (Phi) is 5.01. The molecule has 0 heterocycles. The molecule has 0 radical (unpaired) electrons. The fourth-order valence-corrected chi connectivity index (χ4v) is 2.59. The number of hydrogen-bond donors (Lipinski definition) is 3. The highest BCUT2D eigenvalue weighted by Crippen LogP contribution is 2.32. The maximum atomic E-state index is 11.8. The molecule has 108 valence electrons. The molecule has 0 aromatic heterocycles. The van der Waals surface area contributed by atoms with E-state index in [0.29, 0.717) is 10.7 Å². The van der Waals surface area contributed by atoms with Gasteiger partial charge in [-0.25, -0.2) is 0 Å². The summed E-state index contributed by atoms with van der Waals surface area (Å²) in [5.74, 6) is -1.10. The van der Waals surface area contributed by atoms with Crippen LogP contribution in [0.3, 0.4) is 0 Å². The van der Waals surface area contributed by atoms with Crippen LogP contribution in [0.1, 0.15) is 12.8 Å². The van der Waals surface area contributed by atoms with Gasteiger partial charge in [0.05, 0.1) is 17.3 Å². The van der Waals surface area contributed by atoms with Crippen LogP contribution in [0.15, 0.2) is 22.7 Å². The lowest BCUT2D eigenvalue weighted by Gasteiger charge is -2.13. The molecule has 0 spiro atoms. The number of anilines is 1. The molecule has 0 saturated heterocycles. The van der Waals surface area contributed by atoms with Crippen LogP contribution in [0.2, 0.25) is 5.02 Å². The molecule has 1 amide bonds. The van der Waals surface area contributed by atoms with Gasteiger partial charge >= 0.3 is 5.97 Å². The molecule has 1 atom stereocenters. The van der Waals surface area contributed by atoms with Crippen LogP contribution >= 0.6 is 27.5 Å². The van der Waals surface area contributed by atoms with Gasteiger partial charge in [-0.05, 0) is 37.0 Å². The standard InChI is InChI=1S/C13H14BrClN2O3/c14-8-3-4-10(9(15)5-8)17-11(18)6-16-12(13(19)20)7-1-2-7/h3-5,7,12,16H,1-2,6H2,(H,17,18)(H,19,20). The molecule has 1 aliphatic carbocycles. The predicted octanol–water partition coefficient (Wildman–Crippen LogP) is 2.49. The number of nitrogens with one attached hydrogen (secondary N) is 2. The molecule has 7 heteroatoms. The molecule has 0 aliphatic heterocycles. The normalized spacial score (nSPS) is 15.7. The Morgan fingerprint density at radius 2 is 2.15 bits per heavy atom. The minimum atomic E-state index is -0.915. The van der Waals surface area contributed by atoms with E-state index >= 15 is 0 Å². The zero-order chi connectivity index (χ0) is 14.7. The van der Waals surface area contributed by atoms with E-state index in [0.717, 1.165) is 17.3 Å².